The number of nitrogens with zero attached hydrogens (tertiary/aromatic N) is 2. The average molecular weight is 374 g/mol. The molecule has 0 saturated heterocycles. The molecule has 3 nitrogen and oxygen atoms in total. The van der Waals surface area contributed by atoms with E-state index in [9.17, 15) is 0 Å². The summed E-state index contributed by atoms with van der Waals surface area (Å²) in [7, 11) is 0. The first-order valence-electron chi connectivity index (χ1n) is 9.52. The van der Waals surface area contributed by atoms with Gasteiger partial charge in [-0.25, -0.2) is 0 Å². The van der Waals surface area contributed by atoms with Crippen LogP contribution in [-0.2, 0) is 0 Å². The topological polar surface area (TPSA) is 38.9 Å². The lowest BCUT2D eigenvalue weighted by molar-refractivity contribution is 0.584. The Morgan fingerprint density at radius 2 is 0.655 bits per heavy atom. The molecule has 1 heterocycles. The molecule has 0 amide bonds. The van der Waals surface area contributed by atoms with E-state index in [0.717, 1.165) is 16.7 Å². The molecule has 0 spiro atoms. The van der Waals surface area contributed by atoms with Crippen molar-refractivity contribution in [3.05, 3.63) is 109 Å². The van der Waals surface area contributed by atoms with Gasteiger partial charge in [-0.15, -0.1) is 10.2 Å². The van der Waals surface area contributed by atoms with Crippen LogP contribution in [0.2, 0.25) is 0 Å². The van der Waals surface area contributed by atoms with E-state index in [1.165, 1.54) is 16.7 Å². The minimum absolute atomic E-state index is 0.523. The first kappa shape index (κ1) is 17.1. The normalized spacial score (nSPS) is 10.8. The Hall–Kier alpha value is -3.98. The molecule has 5 aromatic rings. The van der Waals surface area contributed by atoms with E-state index < -0.39 is 0 Å². The molecule has 0 aliphatic heterocycles. The Kier molecular flexibility index (Phi) is 4.47. The van der Waals surface area contributed by atoms with Gasteiger partial charge < -0.3 is 4.42 Å². The molecule has 4 aromatic carbocycles. The van der Waals surface area contributed by atoms with E-state index in [-0.39, 0.29) is 0 Å². The highest BCUT2D eigenvalue weighted by Crippen LogP contribution is 2.28. The number of benzene rings is 4. The lowest BCUT2D eigenvalue weighted by Crippen LogP contribution is -1.82. The lowest BCUT2D eigenvalue weighted by atomic mass is 10.00. The molecule has 0 N–H and O–H groups in total. The predicted octanol–water partition coefficient (Wildman–Crippen LogP) is 6.74. The monoisotopic (exact) mass is 374 g/mol. The second kappa shape index (κ2) is 7.56. The highest BCUT2D eigenvalue weighted by atomic mass is 16.4. The Bertz CT molecular complexity index is 1210. The lowest BCUT2D eigenvalue weighted by Gasteiger charge is -2.05. The molecule has 0 aliphatic rings. The van der Waals surface area contributed by atoms with Crippen LogP contribution in [0.1, 0.15) is 0 Å². The SMILES string of the molecule is c1ccc(-c2ccc(-c3ccc(-c4nnc(-c5ccccc5)o4)cc3)cc2)cc1. The summed E-state index contributed by atoms with van der Waals surface area (Å²) in [6.45, 7) is 0. The molecule has 0 fully saturated rings. The van der Waals surface area contributed by atoms with E-state index in [0.29, 0.717) is 11.8 Å². The van der Waals surface area contributed by atoms with Crippen molar-refractivity contribution in [2.75, 3.05) is 0 Å². The number of aromatic nitrogens is 2. The quantitative estimate of drug-likeness (QED) is 0.350. The van der Waals surface area contributed by atoms with Gasteiger partial charge in [-0.1, -0.05) is 84.9 Å². The van der Waals surface area contributed by atoms with E-state index in [2.05, 4.69) is 70.9 Å². The third kappa shape index (κ3) is 3.58. The fourth-order valence-corrected chi connectivity index (χ4v) is 3.33. The third-order valence-corrected chi connectivity index (χ3v) is 4.90. The molecule has 0 atom stereocenters. The van der Waals surface area contributed by atoms with E-state index in [1.807, 2.05) is 48.5 Å². The number of hydrogen-bond acceptors (Lipinski definition) is 3. The van der Waals surface area contributed by atoms with Crippen molar-refractivity contribution in [1.29, 1.82) is 0 Å². The molecule has 29 heavy (non-hydrogen) atoms. The Labute approximate surface area is 169 Å². The van der Waals surface area contributed by atoms with E-state index in [4.69, 9.17) is 4.42 Å². The fraction of sp³-hybridized carbons (Fsp3) is 0. The van der Waals surface area contributed by atoms with E-state index in [1.54, 1.807) is 0 Å². The maximum Gasteiger partial charge on any atom is 0.248 e. The van der Waals surface area contributed by atoms with Gasteiger partial charge in [0, 0.05) is 11.1 Å². The summed E-state index contributed by atoms with van der Waals surface area (Å²) in [4.78, 5) is 0. The molecule has 0 unspecified atom stereocenters. The van der Waals surface area contributed by atoms with Crippen LogP contribution in [0.15, 0.2) is 114 Å². The maximum absolute atomic E-state index is 5.84. The van der Waals surface area contributed by atoms with Gasteiger partial charge in [0.2, 0.25) is 11.8 Å². The van der Waals surface area contributed by atoms with Gasteiger partial charge in [0.25, 0.3) is 0 Å². The Morgan fingerprint density at radius 1 is 0.345 bits per heavy atom. The minimum atomic E-state index is 0.523. The van der Waals surface area contributed by atoms with Crippen molar-refractivity contribution < 1.29 is 4.42 Å². The molecule has 5 rings (SSSR count). The summed E-state index contributed by atoms with van der Waals surface area (Å²) in [5.74, 6) is 1.05. The largest absolute Gasteiger partial charge is 0.416 e. The van der Waals surface area contributed by atoms with Crippen molar-refractivity contribution in [3.8, 4) is 45.2 Å². The summed E-state index contributed by atoms with van der Waals surface area (Å²) in [6.07, 6.45) is 0. The van der Waals surface area contributed by atoms with Gasteiger partial charge in [-0.05, 0) is 46.5 Å². The zero-order chi connectivity index (χ0) is 19.5. The molecular formula is C26H18N2O. The fourth-order valence-electron chi connectivity index (χ4n) is 3.33. The van der Waals surface area contributed by atoms with Crippen molar-refractivity contribution in [3.63, 3.8) is 0 Å². The second-order valence-corrected chi connectivity index (χ2v) is 6.80. The second-order valence-electron chi connectivity index (χ2n) is 6.80. The molecule has 0 bridgehead atoms. The van der Waals surface area contributed by atoms with Gasteiger partial charge >= 0.3 is 0 Å². The highest BCUT2D eigenvalue weighted by Gasteiger charge is 2.10. The molecule has 3 heteroatoms. The molecule has 1 aromatic heterocycles. The van der Waals surface area contributed by atoms with E-state index >= 15 is 0 Å². The molecule has 138 valence electrons. The van der Waals surface area contributed by atoms with Crippen LogP contribution in [0.5, 0.6) is 0 Å². The predicted molar refractivity (Wildman–Crippen MR) is 116 cm³/mol. The zero-order valence-corrected chi connectivity index (χ0v) is 15.7. The Balaban J connectivity index is 1.37. The van der Waals surface area contributed by atoms with Crippen LogP contribution < -0.4 is 0 Å². The van der Waals surface area contributed by atoms with Gasteiger partial charge in [0.15, 0.2) is 0 Å². The number of hydrogen-bond donors (Lipinski definition) is 0. The summed E-state index contributed by atoms with van der Waals surface area (Å²) < 4.78 is 5.84. The van der Waals surface area contributed by atoms with Crippen LogP contribution in [-0.4, -0.2) is 10.2 Å². The molecule has 0 saturated carbocycles. The van der Waals surface area contributed by atoms with Crippen LogP contribution in [0.4, 0.5) is 0 Å². The van der Waals surface area contributed by atoms with Gasteiger partial charge in [0.1, 0.15) is 0 Å². The summed E-state index contributed by atoms with van der Waals surface area (Å²) in [5.41, 5.74) is 6.58. The van der Waals surface area contributed by atoms with Crippen LogP contribution in [0.3, 0.4) is 0 Å². The van der Waals surface area contributed by atoms with Crippen molar-refractivity contribution in [2.45, 2.75) is 0 Å². The highest BCUT2D eigenvalue weighted by molar-refractivity contribution is 5.72. The standard InChI is InChI=1S/C26H18N2O/c1-3-7-19(8-4-1)20-11-13-21(14-12-20)22-15-17-24(18-16-22)26-28-27-25(29-26)23-9-5-2-6-10-23/h1-18H. The van der Waals surface area contributed by atoms with Crippen molar-refractivity contribution in [2.24, 2.45) is 0 Å². The number of rotatable bonds is 4. The van der Waals surface area contributed by atoms with Crippen molar-refractivity contribution >= 4 is 0 Å². The Morgan fingerprint density at radius 3 is 1.10 bits per heavy atom. The molecular weight excluding hydrogens is 356 g/mol. The molecule has 0 radical (unpaired) electrons. The summed E-state index contributed by atoms with van der Waals surface area (Å²) in [6, 6.07) is 37.0. The average Bonchev–Trinajstić information content (AvgIpc) is 3.31. The van der Waals surface area contributed by atoms with Crippen LogP contribution in [0, 0.1) is 0 Å². The van der Waals surface area contributed by atoms with Crippen LogP contribution >= 0.6 is 0 Å². The van der Waals surface area contributed by atoms with Crippen molar-refractivity contribution in [1.82, 2.24) is 10.2 Å². The zero-order valence-electron chi connectivity index (χ0n) is 15.7. The third-order valence-electron chi connectivity index (χ3n) is 4.90. The summed E-state index contributed by atoms with van der Waals surface area (Å²) >= 11 is 0. The maximum atomic E-state index is 5.84. The smallest absolute Gasteiger partial charge is 0.248 e. The first-order chi connectivity index (χ1) is 14.4. The van der Waals surface area contributed by atoms with Gasteiger partial charge in [-0.3, -0.25) is 0 Å². The summed E-state index contributed by atoms with van der Waals surface area (Å²) in [5, 5.41) is 8.36. The van der Waals surface area contributed by atoms with Crippen LogP contribution in [0.25, 0.3) is 45.2 Å². The van der Waals surface area contributed by atoms with Gasteiger partial charge in [-0.2, -0.15) is 0 Å². The minimum Gasteiger partial charge on any atom is -0.416 e. The first-order valence-corrected chi connectivity index (χ1v) is 9.52. The molecule has 0 aliphatic carbocycles. The van der Waals surface area contributed by atoms with Gasteiger partial charge in [0.05, 0.1) is 0 Å².